The molecular formula is C9H12F3NO4. The Morgan fingerprint density at radius 1 is 1.35 bits per heavy atom. The monoisotopic (exact) mass is 255 g/mol. The standard InChI is InChI=1S/C9H12F3NO4/c10-9(11,12)3-7(14)13-4-5-1-2-6(17-5)8(15)16/h5-6H,1-4H2,(H,13,14)(H,15,16). The highest BCUT2D eigenvalue weighted by Crippen LogP contribution is 2.20. The lowest BCUT2D eigenvalue weighted by atomic mass is 10.2. The molecule has 17 heavy (non-hydrogen) atoms. The van der Waals surface area contributed by atoms with Crippen molar-refractivity contribution in [2.45, 2.75) is 37.6 Å². The Bertz CT molecular complexity index is 305. The smallest absolute Gasteiger partial charge is 0.397 e. The van der Waals surface area contributed by atoms with Gasteiger partial charge >= 0.3 is 12.1 Å². The number of hydrogen-bond donors (Lipinski definition) is 2. The number of rotatable bonds is 4. The van der Waals surface area contributed by atoms with E-state index in [0.717, 1.165) is 0 Å². The van der Waals surface area contributed by atoms with Gasteiger partial charge in [0, 0.05) is 6.54 Å². The van der Waals surface area contributed by atoms with Crippen molar-refractivity contribution in [3.8, 4) is 0 Å². The molecule has 1 saturated heterocycles. The molecule has 0 aromatic rings. The van der Waals surface area contributed by atoms with Gasteiger partial charge < -0.3 is 15.2 Å². The first-order valence-corrected chi connectivity index (χ1v) is 4.99. The average molecular weight is 255 g/mol. The van der Waals surface area contributed by atoms with E-state index in [2.05, 4.69) is 5.32 Å². The molecule has 1 aliphatic heterocycles. The first-order chi connectivity index (χ1) is 7.78. The van der Waals surface area contributed by atoms with Gasteiger partial charge in [0.05, 0.1) is 6.10 Å². The summed E-state index contributed by atoms with van der Waals surface area (Å²) in [6.45, 7) is -0.0985. The number of halogens is 3. The van der Waals surface area contributed by atoms with Crippen LogP contribution in [-0.2, 0) is 14.3 Å². The highest BCUT2D eigenvalue weighted by molar-refractivity contribution is 5.76. The van der Waals surface area contributed by atoms with Crippen molar-refractivity contribution >= 4 is 11.9 Å². The molecule has 1 rings (SSSR count). The Morgan fingerprint density at radius 3 is 2.47 bits per heavy atom. The van der Waals surface area contributed by atoms with E-state index in [1.807, 2.05) is 0 Å². The lowest BCUT2D eigenvalue weighted by Crippen LogP contribution is -2.35. The summed E-state index contributed by atoms with van der Waals surface area (Å²) in [7, 11) is 0. The van der Waals surface area contributed by atoms with Crippen LogP contribution in [-0.4, -0.2) is 41.9 Å². The van der Waals surface area contributed by atoms with E-state index in [1.54, 1.807) is 0 Å². The fourth-order valence-corrected chi connectivity index (χ4v) is 1.51. The minimum absolute atomic E-state index is 0.0985. The quantitative estimate of drug-likeness (QED) is 0.774. The maximum Gasteiger partial charge on any atom is 0.397 e. The molecule has 1 aliphatic rings. The fourth-order valence-electron chi connectivity index (χ4n) is 1.51. The molecule has 0 aliphatic carbocycles. The van der Waals surface area contributed by atoms with Gasteiger partial charge in [-0.2, -0.15) is 13.2 Å². The van der Waals surface area contributed by atoms with Crippen LogP contribution >= 0.6 is 0 Å². The molecule has 98 valence electrons. The van der Waals surface area contributed by atoms with Crippen LogP contribution in [0.5, 0.6) is 0 Å². The molecule has 0 spiro atoms. The highest BCUT2D eigenvalue weighted by atomic mass is 19.4. The van der Waals surface area contributed by atoms with Crippen LogP contribution in [0.4, 0.5) is 13.2 Å². The van der Waals surface area contributed by atoms with Crippen LogP contribution in [0.25, 0.3) is 0 Å². The molecule has 2 N–H and O–H groups in total. The van der Waals surface area contributed by atoms with Crippen molar-refractivity contribution in [1.29, 1.82) is 0 Å². The Labute approximate surface area is 94.9 Å². The summed E-state index contributed by atoms with van der Waals surface area (Å²) < 4.78 is 40.4. The Hall–Kier alpha value is -1.31. The SMILES string of the molecule is O=C(CC(F)(F)F)NCC1CCC(C(=O)O)O1. The number of nitrogens with one attached hydrogen (secondary N) is 1. The summed E-state index contributed by atoms with van der Waals surface area (Å²) in [4.78, 5) is 21.3. The molecule has 0 saturated carbocycles. The molecule has 0 aromatic heterocycles. The first kappa shape index (κ1) is 13.8. The molecule has 8 heteroatoms. The number of carboxylic acids is 1. The highest BCUT2D eigenvalue weighted by Gasteiger charge is 2.33. The van der Waals surface area contributed by atoms with Crippen LogP contribution < -0.4 is 5.32 Å². The first-order valence-electron chi connectivity index (χ1n) is 4.99. The predicted molar refractivity (Wildman–Crippen MR) is 49.2 cm³/mol. The Morgan fingerprint density at radius 2 is 2.00 bits per heavy atom. The molecule has 1 heterocycles. The van der Waals surface area contributed by atoms with Gasteiger partial charge in [-0.15, -0.1) is 0 Å². The molecule has 0 aromatic carbocycles. The van der Waals surface area contributed by atoms with Crippen molar-refractivity contribution < 1.29 is 32.6 Å². The summed E-state index contributed by atoms with van der Waals surface area (Å²) in [5.74, 6) is -2.24. The maximum absolute atomic E-state index is 11.8. The number of hydrogen-bond acceptors (Lipinski definition) is 3. The van der Waals surface area contributed by atoms with Gasteiger partial charge in [0.15, 0.2) is 6.10 Å². The Balaban J connectivity index is 2.24. The second kappa shape index (κ2) is 5.35. The van der Waals surface area contributed by atoms with E-state index < -0.39 is 36.7 Å². The third kappa shape index (κ3) is 5.03. The van der Waals surface area contributed by atoms with E-state index in [1.165, 1.54) is 0 Å². The lowest BCUT2D eigenvalue weighted by Gasteiger charge is -2.13. The van der Waals surface area contributed by atoms with Crippen molar-refractivity contribution in [2.24, 2.45) is 0 Å². The van der Waals surface area contributed by atoms with Gasteiger partial charge in [-0.05, 0) is 12.8 Å². The number of aliphatic carboxylic acids is 1. The van der Waals surface area contributed by atoms with Gasteiger partial charge in [-0.3, -0.25) is 4.79 Å². The molecule has 1 fully saturated rings. The summed E-state index contributed by atoms with van der Waals surface area (Å²) in [5.41, 5.74) is 0. The van der Waals surface area contributed by atoms with Crippen LogP contribution in [0.15, 0.2) is 0 Å². The topological polar surface area (TPSA) is 75.6 Å². The lowest BCUT2D eigenvalue weighted by molar-refractivity contribution is -0.154. The molecule has 2 unspecified atom stereocenters. The maximum atomic E-state index is 11.8. The van der Waals surface area contributed by atoms with Crippen LogP contribution in [0, 0.1) is 0 Å². The number of carbonyl (C=O) groups excluding carboxylic acids is 1. The van der Waals surface area contributed by atoms with Gasteiger partial charge in [0.25, 0.3) is 0 Å². The third-order valence-electron chi connectivity index (χ3n) is 2.27. The summed E-state index contributed by atoms with van der Waals surface area (Å²) in [5, 5.41) is 10.7. The molecule has 2 atom stereocenters. The summed E-state index contributed by atoms with van der Waals surface area (Å²) in [6, 6.07) is 0. The minimum atomic E-state index is -4.54. The number of amides is 1. The van der Waals surface area contributed by atoms with Crippen molar-refractivity contribution in [3.63, 3.8) is 0 Å². The summed E-state index contributed by atoms with van der Waals surface area (Å²) in [6.07, 6.45) is -6.84. The van der Waals surface area contributed by atoms with E-state index in [4.69, 9.17) is 9.84 Å². The number of carboxylic acid groups (broad SMARTS) is 1. The predicted octanol–water partition coefficient (Wildman–Crippen LogP) is 0.687. The largest absolute Gasteiger partial charge is 0.479 e. The molecule has 1 amide bonds. The normalized spacial score (nSPS) is 24.6. The summed E-state index contributed by atoms with van der Waals surface area (Å²) >= 11 is 0. The zero-order chi connectivity index (χ0) is 13.1. The van der Waals surface area contributed by atoms with Crippen LogP contribution in [0.3, 0.4) is 0 Å². The second-order valence-electron chi connectivity index (χ2n) is 3.76. The zero-order valence-electron chi connectivity index (χ0n) is 8.79. The average Bonchev–Trinajstić information content (AvgIpc) is 2.60. The number of alkyl halides is 3. The van der Waals surface area contributed by atoms with E-state index in [-0.39, 0.29) is 6.54 Å². The van der Waals surface area contributed by atoms with E-state index >= 15 is 0 Å². The van der Waals surface area contributed by atoms with Gasteiger partial charge in [-0.25, -0.2) is 4.79 Å². The molecule has 5 nitrogen and oxygen atoms in total. The van der Waals surface area contributed by atoms with Crippen LogP contribution in [0.1, 0.15) is 19.3 Å². The molecule has 0 radical (unpaired) electrons. The van der Waals surface area contributed by atoms with Crippen molar-refractivity contribution in [2.75, 3.05) is 6.54 Å². The third-order valence-corrected chi connectivity index (χ3v) is 2.27. The second-order valence-corrected chi connectivity index (χ2v) is 3.76. The minimum Gasteiger partial charge on any atom is -0.479 e. The number of carbonyl (C=O) groups is 2. The van der Waals surface area contributed by atoms with E-state index in [0.29, 0.717) is 12.8 Å². The fraction of sp³-hybridized carbons (Fsp3) is 0.778. The number of ether oxygens (including phenoxy) is 1. The van der Waals surface area contributed by atoms with Gasteiger partial charge in [0.2, 0.25) is 5.91 Å². The molecule has 0 bridgehead atoms. The zero-order valence-corrected chi connectivity index (χ0v) is 8.79. The van der Waals surface area contributed by atoms with Gasteiger partial charge in [0.1, 0.15) is 6.42 Å². The van der Waals surface area contributed by atoms with E-state index in [9.17, 15) is 22.8 Å². The van der Waals surface area contributed by atoms with Crippen LogP contribution in [0.2, 0.25) is 0 Å². The van der Waals surface area contributed by atoms with Crippen molar-refractivity contribution in [3.05, 3.63) is 0 Å². The van der Waals surface area contributed by atoms with Crippen molar-refractivity contribution in [1.82, 2.24) is 5.32 Å². The molecular weight excluding hydrogens is 243 g/mol. The Kier molecular flexibility index (Phi) is 4.33. The van der Waals surface area contributed by atoms with Gasteiger partial charge in [-0.1, -0.05) is 0 Å².